The summed E-state index contributed by atoms with van der Waals surface area (Å²) in [6.07, 6.45) is -0.686. The molecule has 0 aromatic carbocycles. The highest BCUT2D eigenvalue weighted by Gasteiger charge is 2.32. The molecule has 0 saturated carbocycles. The maximum atomic E-state index is 12.0. The molecule has 0 aromatic rings. The van der Waals surface area contributed by atoms with E-state index in [1.54, 1.807) is 20.8 Å². The smallest absolute Gasteiger partial charge is 0.216 e. The first kappa shape index (κ1) is 16.8. The second-order valence-electron chi connectivity index (χ2n) is 5.66. The van der Waals surface area contributed by atoms with Crippen molar-refractivity contribution in [3.05, 3.63) is 0 Å². The normalized spacial score (nSPS) is 17.2. The van der Waals surface area contributed by atoms with E-state index in [4.69, 9.17) is 5.11 Å². The molecule has 0 aliphatic carbocycles. The molecule has 0 aliphatic rings. The Morgan fingerprint density at radius 1 is 1.24 bits per heavy atom. The zero-order chi connectivity index (χ0) is 13.9. The van der Waals surface area contributed by atoms with Crippen molar-refractivity contribution in [1.82, 2.24) is 4.72 Å². The lowest BCUT2D eigenvalue weighted by molar-refractivity contribution is 0.0766. The van der Waals surface area contributed by atoms with Gasteiger partial charge in [-0.25, -0.2) is 13.1 Å². The number of nitrogens with one attached hydrogen (secondary N) is 1. The molecule has 0 rings (SSSR count). The van der Waals surface area contributed by atoms with E-state index in [0.717, 1.165) is 0 Å². The molecule has 0 unspecified atom stereocenters. The van der Waals surface area contributed by atoms with Crippen LogP contribution in [0.3, 0.4) is 0 Å². The second kappa shape index (κ2) is 6.13. The van der Waals surface area contributed by atoms with Gasteiger partial charge >= 0.3 is 0 Å². The number of hydrogen-bond donors (Lipinski definition) is 3. The Morgan fingerprint density at radius 3 is 2.00 bits per heavy atom. The van der Waals surface area contributed by atoms with Crippen molar-refractivity contribution in [2.45, 2.75) is 57.9 Å². The standard InChI is InChI=1S/C11H25NO4S/c1-8(2)10(6-9(14)7-13)12-17(15,16)11(3,4)5/h8-10,12-14H,6-7H2,1-5H3/t9-,10+/m0/s1. The van der Waals surface area contributed by atoms with Crippen LogP contribution in [0.4, 0.5) is 0 Å². The van der Waals surface area contributed by atoms with Crippen LogP contribution >= 0.6 is 0 Å². The summed E-state index contributed by atoms with van der Waals surface area (Å²) in [6.45, 7) is 8.25. The number of hydrogen-bond acceptors (Lipinski definition) is 4. The van der Waals surface area contributed by atoms with Crippen molar-refractivity contribution in [3.63, 3.8) is 0 Å². The van der Waals surface area contributed by atoms with E-state index < -0.39 is 20.9 Å². The number of aliphatic hydroxyl groups excluding tert-OH is 2. The molecular formula is C11H25NO4S. The predicted molar refractivity (Wildman–Crippen MR) is 68.1 cm³/mol. The minimum absolute atomic E-state index is 0.0494. The van der Waals surface area contributed by atoms with Crippen molar-refractivity contribution in [2.24, 2.45) is 5.92 Å². The molecule has 6 heteroatoms. The van der Waals surface area contributed by atoms with Crippen molar-refractivity contribution < 1.29 is 18.6 Å². The van der Waals surface area contributed by atoms with Gasteiger partial charge in [0.2, 0.25) is 10.0 Å². The van der Waals surface area contributed by atoms with Crippen LogP contribution in [0, 0.1) is 5.92 Å². The predicted octanol–water partition coefficient (Wildman–Crippen LogP) is 0.472. The van der Waals surface area contributed by atoms with Crippen LogP contribution in [-0.2, 0) is 10.0 Å². The monoisotopic (exact) mass is 267 g/mol. The Labute approximate surface area is 104 Å². The molecule has 0 radical (unpaired) electrons. The van der Waals surface area contributed by atoms with Crippen LogP contribution in [0.2, 0.25) is 0 Å². The Morgan fingerprint density at radius 2 is 1.71 bits per heavy atom. The van der Waals surface area contributed by atoms with Crippen molar-refractivity contribution in [2.75, 3.05) is 6.61 Å². The van der Waals surface area contributed by atoms with Gasteiger partial charge in [0.05, 0.1) is 17.5 Å². The first-order chi connectivity index (χ1) is 7.51. The quantitative estimate of drug-likeness (QED) is 0.653. The lowest BCUT2D eigenvalue weighted by atomic mass is 9.99. The maximum Gasteiger partial charge on any atom is 0.216 e. The third-order valence-electron chi connectivity index (χ3n) is 2.65. The molecule has 0 fully saturated rings. The fourth-order valence-corrected chi connectivity index (χ4v) is 2.32. The van der Waals surface area contributed by atoms with E-state index in [9.17, 15) is 13.5 Å². The summed E-state index contributed by atoms with van der Waals surface area (Å²) in [5.74, 6) is 0.0494. The maximum absolute atomic E-state index is 12.0. The highest BCUT2D eigenvalue weighted by atomic mass is 32.2. The first-order valence-electron chi connectivity index (χ1n) is 5.82. The highest BCUT2D eigenvalue weighted by molar-refractivity contribution is 7.90. The molecule has 5 nitrogen and oxygen atoms in total. The molecule has 3 N–H and O–H groups in total. The third kappa shape index (κ3) is 5.33. The minimum atomic E-state index is -3.44. The van der Waals surface area contributed by atoms with E-state index in [0.29, 0.717) is 0 Å². The zero-order valence-corrected chi connectivity index (χ0v) is 12.1. The largest absolute Gasteiger partial charge is 0.394 e. The summed E-state index contributed by atoms with van der Waals surface area (Å²) in [4.78, 5) is 0. The molecule has 2 atom stereocenters. The lowest BCUT2D eigenvalue weighted by Crippen LogP contribution is -2.48. The molecule has 0 bridgehead atoms. The summed E-state index contributed by atoms with van der Waals surface area (Å²) in [5, 5.41) is 18.2. The fourth-order valence-electron chi connectivity index (χ4n) is 1.20. The van der Waals surface area contributed by atoms with Gasteiger partial charge in [0.1, 0.15) is 0 Å². The van der Waals surface area contributed by atoms with E-state index in [1.165, 1.54) is 0 Å². The van der Waals surface area contributed by atoms with E-state index in [1.807, 2.05) is 13.8 Å². The Hall–Kier alpha value is -0.170. The molecule has 0 heterocycles. The summed E-state index contributed by atoms with van der Waals surface area (Å²) < 4.78 is 25.7. The van der Waals surface area contributed by atoms with Crippen LogP contribution < -0.4 is 4.72 Å². The SMILES string of the molecule is CC(C)[C@@H](C[C@H](O)CO)NS(=O)(=O)C(C)(C)C. The molecule has 0 saturated heterocycles. The molecule has 0 spiro atoms. The molecule has 0 amide bonds. The van der Waals surface area contributed by atoms with Crippen LogP contribution in [0.15, 0.2) is 0 Å². The summed E-state index contributed by atoms with van der Waals surface area (Å²) in [7, 11) is -3.44. The summed E-state index contributed by atoms with van der Waals surface area (Å²) >= 11 is 0. The number of sulfonamides is 1. The van der Waals surface area contributed by atoms with E-state index in [2.05, 4.69) is 4.72 Å². The first-order valence-corrected chi connectivity index (χ1v) is 7.30. The summed E-state index contributed by atoms with van der Waals surface area (Å²) in [6, 6.07) is -0.374. The van der Waals surface area contributed by atoms with Gasteiger partial charge in [-0.1, -0.05) is 13.8 Å². The van der Waals surface area contributed by atoms with Crippen LogP contribution in [-0.4, -0.2) is 42.1 Å². The Balaban J connectivity index is 4.79. The van der Waals surface area contributed by atoms with Crippen molar-refractivity contribution >= 4 is 10.0 Å². The summed E-state index contributed by atoms with van der Waals surface area (Å²) in [5.41, 5.74) is 0. The van der Waals surface area contributed by atoms with E-state index >= 15 is 0 Å². The van der Waals surface area contributed by atoms with Gasteiger partial charge < -0.3 is 10.2 Å². The van der Waals surface area contributed by atoms with Gasteiger partial charge in [-0.05, 0) is 33.1 Å². The molecule has 17 heavy (non-hydrogen) atoms. The minimum Gasteiger partial charge on any atom is -0.394 e. The van der Waals surface area contributed by atoms with Gasteiger partial charge in [-0.3, -0.25) is 0 Å². The van der Waals surface area contributed by atoms with Crippen LogP contribution in [0.5, 0.6) is 0 Å². The van der Waals surface area contributed by atoms with Gasteiger partial charge in [0, 0.05) is 6.04 Å². The van der Waals surface area contributed by atoms with Crippen molar-refractivity contribution in [3.8, 4) is 0 Å². The Bertz CT molecular complexity index is 319. The molecular weight excluding hydrogens is 242 g/mol. The van der Waals surface area contributed by atoms with Gasteiger partial charge in [0.25, 0.3) is 0 Å². The molecule has 104 valence electrons. The highest BCUT2D eigenvalue weighted by Crippen LogP contribution is 2.17. The third-order valence-corrected chi connectivity index (χ3v) is 4.88. The molecule has 0 aromatic heterocycles. The van der Waals surface area contributed by atoms with E-state index in [-0.39, 0.29) is 25.0 Å². The number of rotatable bonds is 6. The molecule has 0 aliphatic heterocycles. The second-order valence-corrected chi connectivity index (χ2v) is 8.12. The average molecular weight is 267 g/mol. The van der Waals surface area contributed by atoms with Gasteiger partial charge in [-0.15, -0.1) is 0 Å². The fraction of sp³-hybridized carbons (Fsp3) is 1.00. The zero-order valence-electron chi connectivity index (χ0n) is 11.3. The van der Waals surface area contributed by atoms with Gasteiger partial charge in [-0.2, -0.15) is 0 Å². The van der Waals surface area contributed by atoms with Crippen LogP contribution in [0.25, 0.3) is 0 Å². The topological polar surface area (TPSA) is 86.6 Å². The number of aliphatic hydroxyl groups is 2. The lowest BCUT2D eigenvalue weighted by Gasteiger charge is -2.28. The van der Waals surface area contributed by atoms with Crippen LogP contribution in [0.1, 0.15) is 41.0 Å². The average Bonchev–Trinajstić information content (AvgIpc) is 2.14. The Kier molecular flexibility index (Phi) is 6.07. The van der Waals surface area contributed by atoms with Crippen molar-refractivity contribution in [1.29, 1.82) is 0 Å². The van der Waals surface area contributed by atoms with Gasteiger partial charge in [0.15, 0.2) is 0 Å².